The Bertz CT molecular complexity index is 523. The van der Waals surface area contributed by atoms with E-state index in [4.69, 9.17) is 14.6 Å². The van der Waals surface area contributed by atoms with Gasteiger partial charge in [-0.3, -0.25) is 9.59 Å². The maximum absolute atomic E-state index is 10.9. The van der Waals surface area contributed by atoms with Crippen molar-refractivity contribution >= 4 is 33.8 Å². The van der Waals surface area contributed by atoms with Gasteiger partial charge >= 0.3 is 17.9 Å². The first-order chi connectivity index (χ1) is 8.31. The molecule has 96 valence electrons. The second kappa shape index (κ2) is 5.63. The lowest BCUT2D eigenvalue weighted by Crippen LogP contribution is -2.09. The number of esters is 2. The van der Waals surface area contributed by atoms with Crippen LogP contribution in [-0.2, 0) is 9.59 Å². The molecule has 1 N–H and O–H groups in total. The third-order valence-electron chi connectivity index (χ3n) is 1.76. The number of carboxylic acid groups (broad SMARTS) is 1. The summed E-state index contributed by atoms with van der Waals surface area (Å²) in [5.74, 6) is -2.64. The zero-order valence-electron chi connectivity index (χ0n) is 9.52. The van der Waals surface area contributed by atoms with Crippen molar-refractivity contribution in [3.63, 3.8) is 0 Å². The van der Waals surface area contributed by atoms with Crippen LogP contribution in [0.5, 0.6) is 11.5 Å². The standard InChI is InChI=1S/C11H9BrO6/c1-5(13)17-9-4-7(11(15)16)3-8(12)10(9)18-6(2)14/h3-4H,1-2H3,(H,15,16). The maximum Gasteiger partial charge on any atom is 0.335 e. The molecule has 0 aromatic heterocycles. The molecule has 0 saturated heterocycles. The van der Waals surface area contributed by atoms with E-state index in [1.165, 1.54) is 13.0 Å². The van der Waals surface area contributed by atoms with Gasteiger partial charge in [-0.15, -0.1) is 0 Å². The summed E-state index contributed by atoms with van der Waals surface area (Å²) in [4.78, 5) is 32.7. The van der Waals surface area contributed by atoms with E-state index in [9.17, 15) is 14.4 Å². The molecule has 0 spiro atoms. The number of ether oxygens (including phenoxy) is 2. The van der Waals surface area contributed by atoms with Gasteiger partial charge in [0.15, 0.2) is 11.5 Å². The molecule has 0 atom stereocenters. The lowest BCUT2D eigenvalue weighted by Gasteiger charge is -2.11. The summed E-state index contributed by atoms with van der Waals surface area (Å²) in [5, 5.41) is 8.87. The van der Waals surface area contributed by atoms with Crippen LogP contribution >= 0.6 is 15.9 Å². The van der Waals surface area contributed by atoms with E-state index in [-0.39, 0.29) is 21.5 Å². The predicted octanol–water partition coefficient (Wildman–Crippen LogP) is 2.00. The van der Waals surface area contributed by atoms with Crippen molar-refractivity contribution in [2.24, 2.45) is 0 Å². The number of carbonyl (C=O) groups is 3. The highest BCUT2D eigenvalue weighted by Crippen LogP contribution is 2.37. The Kier molecular flexibility index (Phi) is 4.43. The normalized spacial score (nSPS) is 9.72. The minimum atomic E-state index is -1.20. The first-order valence-electron chi connectivity index (χ1n) is 4.75. The molecular formula is C11H9BrO6. The molecule has 0 fully saturated rings. The summed E-state index contributed by atoms with van der Waals surface area (Å²) in [6.07, 6.45) is 0. The summed E-state index contributed by atoms with van der Waals surface area (Å²) < 4.78 is 9.87. The summed E-state index contributed by atoms with van der Waals surface area (Å²) in [6.45, 7) is 2.33. The highest BCUT2D eigenvalue weighted by atomic mass is 79.9. The Morgan fingerprint density at radius 2 is 1.67 bits per heavy atom. The highest BCUT2D eigenvalue weighted by molar-refractivity contribution is 9.10. The average Bonchev–Trinajstić information content (AvgIpc) is 2.21. The largest absolute Gasteiger partial charge is 0.478 e. The molecule has 0 aliphatic carbocycles. The number of halogens is 1. The maximum atomic E-state index is 10.9. The van der Waals surface area contributed by atoms with Crippen molar-refractivity contribution in [2.75, 3.05) is 0 Å². The number of rotatable bonds is 3. The van der Waals surface area contributed by atoms with Crippen LogP contribution < -0.4 is 9.47 Å². The smallest absolute Gasteiger partial charge is 0.335 e. The van der Waals surface area contributed by atoms with E-state index in [0.29, 0.717) is 0 Å². The van der Waals surface area contributed by atoms with Gasteiger partial charge < -0.3 is 14.6 Å². The number of benzene rings is 1. The van der Waals surface area contributed by atoms with Crippen LogP contribution in [-0.4, -0.2) is 23.0 Å². The van der Waals surface area contributed by atoms with Gasteiger partial charge in [0, 0.05) is 13.8 Å². The summed E-state index contributed by atoms with van der Waals surface area (Å²) >= 11 is 3.05. The number of carbonyl (C=O) groups excluding carboxylic acids is 2. The van der Waals surface area contributed by atoms with Gasteiger partial charge in [-0.2, -0.15) is 0 Å². The zero-order valence-corrected chi connectivity index (χ0v) is 11.1. The first kappa shape index (κ1) is 14.2. The Hall–Kier alpha value is -1.89. The molecular weight excluding hydrogens is 308 g/mol. The first-order valence-corrected chi connectivity index (χ1v) is 5.54. The minimum absolute atomic E-state index is 0.0392. The van der Waals surface area contributed by atoms with Crippen LogP contribution in [0.4, 0.5) is 0 Å². The molecule has 0 radical (unpaired) electrons. The summed E-state index contributed by atoms with van der Waals surface area (Å²) in [5.41, 5.74) is -0.103. The Labute approximate surface area is 111 Å². The van der Waals surface area contributed by atoms with Gasteiger partial charge in [-0.05, 0) is 28.1 Å². The molecule has 0 heterocycles. The molecule has 1 rings (SSSR count). The van der Waals surface area contributed by atoms with E-state index < -0.39 is 17.9 Å². The molecule has 0 bridgehead atoms. The summed E-state index contributed by atoms with van der Waals surface area (Å²) in [7, 11) is 0. The van der Waals surface area contributed by atoms with Gasteiger partial charge in [0.05, 0.1) is 10.0 Å². The Morgan fingerprint density at radius 1 is 1.11 bits per heavy atom. The average molecular weight is 317 g/mol. The van der Waals surface area contributed by atoms with Crippen LogP contribution in [0.25, 0.3) is 0 Å². The van der Waals surface area contributed by atoms with E-state index >= 15 is 0 Å². The van der Waals surface area contributed by atoms with Gasteiger partial charge in [-0.25, -0.2) is 4.79 Å². The van der Waals surface area contributed by atoms with Gasteiger partial charge in [0.1, 0.15) is 0 Å². The fraction of sp³-hybridized carbons (Fsp3) is 0.182. The third kappa shape index (κ3) is 3.56. The van der Waals surface area contributed by atoms with Crippen LogP contribution in [0.2, 0.25) is 0 Å². The molecule has 18 heavy (non-hydrogen) atoms. The molecule has 0 saturated carbocycles. The quantitative estimate of drug-likeness (QED) is 0.677. The van der Waals surface area contributed by atoms with Crippen LogP contribution in [0.15, 0.2) is 16.6 Å². The van der Waals surface area contributed by atoms with Crippen LogP contribution in [0, 0.1) is 0 Å². The van der Waals surface area contributed by atoms with Crippen LogP contribution in [0.3, 0.4) is 0 Å². The van der Waals surface area contributed by atoms with Crippen molar-refractivity contribution in [1.29, 1.82) is 0 Å². The number of hydrogen-bond acceptors (Lipinski definition) is 5. The van der Waals surface area contributed by atoms with Crippen molar-refractivity contribution in [3.05, 3.63) is 22.2 Å². The molecule has 0 aliphatic heterocycles. The lowest BCUT2D eigenvalue weighted by molar-refractivity contribution is -0.134. The Balaban J connectivity index is 3.33. The molecule has 1 aromatic rings. The SMILES string of the molecule is CC(=O)Oc1cc(C(=O)O)cc(Br)c1OC(C)=O. The van der Waals surface area contributed by atoms with Crippen LogP contribution in [0.1, 0.15) is 24.2 Å². The number of hydrogen-bond donors (Lipinski definition) is 1. The van der Waals surface area contributed by atoms with Gasteiger partial charge in [-0.1, -0.05) is 0 Å². The molecule has 0 aliphatic rings. The van der Waals surface area contributed by atoms with Crippen molar-refractivity contribution in [3.8, 4) is 11.5 Å². The van der Waals surface area contributed by atoms with Crippen molar-refractivity contribution in [1.82, 2.24) is 0 Å². The third-order valence-corrected chi connectivity index (χ3v) is 2.34. The van der Waals surface area contributed by atoms with Crippen molar-refractivity contribution in [2.45, 2.75) is 13.8 Å². The minimum Gasteiger partial charge on any atom is -0.478 e. The number of carboxylic acids is 1. The highest BCUT2D eigenvalue weighted by Gasteiger charge is 2.18. The second-order valence-corrected chi connectivity index (χ2v) is 4.13. The van der Waals surface area contributed by atoms with Gasteiger partial charge in [0.25, 0.3) is 0 Å². The lowest BCUT2D eigenvalue weighted by atomic mass is 10.2. The van der Waals surface area contributed by atoms with E-state index in [1.54, 1.807) is 0 Å². The van der Waals surface area contributed by atoms with Crippen molar-refractivity contribution < 1.29 is 29.0 Å². The molecule has 6 nitrogen and oxygen atoms in total. The predicted molar refractivity (Wildman–Crippen MR) is 63.7 cm³/mol. The fourth-order valence-electron chi connectivity index (χ4n) is 1.17. The van der Waals surface area contributed by atoms with E-state index in [0.717, 1.165) is 13.0 Å². The number of aromatic carboxylic acids is 1. The monoisotopic (exact) mass is 316 g/mol. The zero-order chi connectivity index (χ0) is 13.9. The second-order valence-electron chi connectivity index (χ2n) is 3.28. The topological polar surface area (TPSA) is 89.9 Å². The molecule has 1 aromatic carbocycles. The van der Waals surface area contributed by atoms with E-state index in [1.807, 2.05) is 0 Å². The van der Waals surface area contributed by atoms with E-state index in [2.05, 4.69) is 15.9 Å². The Morgan fingerprint density at radius 3 is 2.11 bits per heavy atom. The molecule has 0 amide bonds. The molecule has 0 unspecified atom stereocenters. The fourth-order valence-corrected chi connectivity index (χ4v) is 1.69. The van der Waals surface area contributed by atoms with Gasteiger partial charge in [0.2, 0.25) is 0 Å². The molecule has 7 heteroatoms. The summed E-state index contributed by atoms with van der Waals surface area (Å²) in [6, 6.07) is 2.35.